The van der Waals surface area contributed by atoms with Crippen LogP contribution in [0.15, 0.2) is 24.3 Å². The summed E-state index contributed by atoms with van der Waals surface area (Å²) in [5.41, 5.74) is 0. The Morgan fingerprint density at radius 2 is 1.91 bits per heavy atom. The molecule has 1 aliphatic rings. The average molecular weight is 323 g/mol. The van der Waals surface area contributed by atoms with Crippen LogP contribution in [0.2, 0.25) is 0 Å². The highest BCUT2D eigenvalue weighted by Gasteiger charge is 2.11. The molecule has 1 N–H and O–H groups in total. The van der Waals surface area contributed by atoms with Crippen molar-refractivity contribution < 1.29 is 9.90 Å². The van der Waals surface area contributed by atoms with E-state index in [-0.39, 0.29) is 6.42 Å². The van der Waals surface area contributed by atoms with Gasteiger partial charge in [0.15, 0.2) is 0 Å². The fraction of sp³-hybridized carbons (Fsp3) is 0.762. The second-order valence-electron chi connectivity index (χ2n) is 6.76. The first-order valence-corrected chi connectivity index (χ1v) is 9.61. The van der Waals surface area contributed by atoms with E-state index in [1.807, 2.05) is 19.1 Å². The molecule has 0 aromatic rings. The minimum Gasteiger partial charge on any atom is -0.481 e. The number of hydrogen-bond donors (Lipinski definition) is 1. The Morgan fingerprint density at radius 1 is 1.22 bits per heavy atom. The first-order valence-electron chi connectivity index (χ1n) is 9.61. The molecular formula is C21H38O2. The summed E-state index contributed by atoms with van der Waals surface area (Å²) in [6.45, 7) is 6.57. The van der Waals surface area contributed by atoms with Crippen LogP contribution in [-0.2, 0) is 4.79 Å². The lowest BCUT2D eigenvalue weighted by atomic mass is 9.99. The number of allylic oxidation sites excluding steroid dienone is 4. The van der Waals surface area contributed by atoms with E-state index in [4.69, 9.17) is 5.11 Å². The van der Waals surface area contributed by atoms with E-state index in [9.17, 15) is 4.79 Å². The maximum atomic E-state index is 9.94. The van der Waals surface area contributed by atoms with E-state index < -0.39 is 5.97 Å². The predicted octanol–water partition coefficient (Wildman–Crippen LogP) is 6.77. The maximum absolute atomic E-state index is 9.94. The standard InChI is InChI=1S/C14H26.C7H12O2/c1-3-4-5-8-13(2)11-12-14-9-6-7-10-14;1-2-3-4-5-6-7(8)9/h11-14H,3-10H2,1-2H3;2-3H,4-6H2,1H3,(H,8,9)/b12-11+;3-2-/t13-;/m1./s1. The SMILES string of the molecule is C/C=C\CCCC(=O)O.CCCCC[C@@H](C)/C=C/C1CCCC1. The molecule has 0 radical (unpaired) electrons. The van der Waals surface area contributed by atoms with Gasteiger partial charge in [0.25, 0.3) is 0 Å². The van der Waals surface area contributed by atoms with Crippen molar-refractivity contribution in [2.45, 2.75) is 91.4 Å². The van der Waals surface area contributed by atoms with Crippen molar-refractivity contribution in [3.8, 4) is 0 Å². The smallest absolute Gasteiger partial charge is 0.303 e. The third-order valence-corrected chi connectivity index (χ3v) is 4.37. The Labute approximate surface area is 144 Å². The van der Waals surface area contributed by atoms with Gasteiger partial charge in [0.2, 0.25) is 0 Å². The van der Waals surface area contributed by atoms with Crippen molar-refractivity contribution in [1.82, 2.24) is 0 Å². The number of hydrogen-bond acceptors (Lipinski definition) is 1. The molecule has 0 unspecified atom stereocenters. The quantitative estimate of drug-likeness (QED) is 0.356. The molecule has 134 valence electrons. The minimum absolute atomic E-state index is 0.282. The molecular weight excluding hydrogens is 284 g/mol. The molecule has 1 aliphatic carbocycles. The second kappa shape index (κ2) is 15.8. The van der Waals surface area contributed by atoms with Crippen LogP contribution >= 0.6 is 0 Å². The largest absolute Gasteiger partial charge is 0.481 e. The predicted molar refractivity (Wildman–Crippen MR) is 101 cm³/mol. The third-order valence-electron chi connectivity index (χ3n) is 4.37. The number of carboxylic acids is 1. The molecule has 1 saturated carbocycles. The highest BCUT2D eigenvalue weighted by atomic mass is 16.4. The van der Waals surface area contributed by atoms with Gasteiger partial charge in [-0.25, -0.2) is 0 Å². The highest BCUT2D eigenvalue weighted by Crippen LogP contribution is 2.26. The molecule has 0 aromatic carbocycles. The summed E-state index contributed by atoms with van der Waals surface area (Å²) in [6, 6.07) is 0. The topological polar surface area (TPSA) is 37.3 Å². The zero-order valence-corrected chi connectivity index (χ0v) is 15.6. The summed E-state index contributed by atoms with van der Waals surface area (Å²) in [6.07, 6.45) is 22.1. The van der Waals surface area contributed by atoms with Gasteiger partial charge in [-0.05, 0) is 50.9 Å². The Bertz CT molecular complexity index is 325. The van der Waals surface area contributed by atoms with Crippen LogP contribution in [0, 0.1) is 11.8 Å². The molecule has 0 aromatic heterocycles. The van der Waals surface area contributed by atoms with E-state index in [1.54, 1.807) is 0 Å². The van der Waals surface area contributed by atoms with Crippen LogP contribution in [0.25, 0.3) is 0 Å². The summed E-state index contributed by atoms with van der Waals surface area (Å²) in [7, 11) is 0. The van der Waals surface area contributed by atoms with E-state index >= 15 is 0 Å². The summed E-state index contributed by atoms with van der Waals surface area (Å²) in [5, 5.41) is 8.19. The zero-order chi connectivity index (χ0) is 17.3. The molecule has 1 rings (SSSR count). The molecule has 2 nitrogen and oxygen atoms in total. The van der Waals surface area contributed by atoms with Crippen molar-refractivity contribution in [2.75, 3.05) is 0 Å². The number of carboxylic acid groups (broad SMARTS) is 1. The number of carbonyl (C=O) groups is 1. The van der Waals surface area contributed by atoms with Gasteiger partial charge in [-0.3, -0.25) is 4.79 Å². The van der Waals surface area contributed by atoms with Crippen LogP contribution in [0.5, 0.6) is 0 Å². The first kappa shape index (κ1) is 21.9. The summed E-state index contributed by atoms with van der Waals surface area (Å²) < 4.78 is 0. The van der Waals surface area contributed by atoms with Gasteiger partial charge in [-0.1, -0.05) is 70.3 Å². The highest BCUT2D eigenvalue weighted by molar-refractivity contribution is 5.66. The van der Waals surface area contributed by atoms with Gasteiger partial charge in [-0.2, -0.15) is 0 Å². The maximum Gasteiger partial charge on any atom is 0.303 e. The van der Waals surface area contributed by atoms with Crippen LogP contribution in [-0.4, -0.2) is 11.1 Å². The van der Waals surface area contributed by atoms with Crippen molar-refractivity contribution in [3.63, 3.8) is 0 Å². The zero-order valence-electron chi connectivity index (χ0n) is 15.6. The number of aliphatic carboxylic acids is 1. The average Bonchev–Trinajstić information content (AvgIpc) is 3.04. The van der Waals surface area contributed by atoms with Gasteiger partial charge < -0.3 is 5.11 Å². The monoisotopic (exact) mass is 322 g/mol. The van der Waals surface area contributed by atoms with Gasteiger partial charge in [-0.15, -0.1) is 0 Å². The fourth-order valence-corrected chi connectivity index (χ4v) is 2.85. The molecule has 0 bridgehead atoms. The Balaban J connectivity index is 0.000000468. The van der Waals surface area contributed by atoms with Gasteiger partial charge >= 0.3 is 5.97 Å². The molecule has 0 heterocycles. The van der Waals surface area contributed by atoms with E-state index in [1.165, 1.54) is 51.4 Å². The molecule has 0 aliphatic heterocycles. The number of unbranched alkanes of at least 4 members (excludes halogenated alkanes) is 3. The van der Waals surface area contributed by atoms with Crippen molar-refractivity contribution in [2.24, 2.45) is 11.8 Å². The normalized spacial score (nSPS) is 16.7. The van der Waals surface area contributed by atoms with E-state index in [2.05, 4.69) is 26.0 Å². The van der Waals surface area contributed by atoms with Crippen molar-refractivity contribution >= 4 is 5.97 Å². The Morgan fingerprint density at radius 3 is 2.48 bits per heavy atom. The van der Waals surface area contributed by atoms with E-state index in [0.29, 0.717) is 0 Å². The third kappa shape index (κ3) is 15.6. The Kier molecular flexibility index (Phi) is 15.1. The lowest BCUT2D eigenvalue weighted by Gasteiger charge is -2.07. The van der Waals surface area contributed by atoms with Crippen LogP contribution < -0.4 is 0 Å². The molecule has 23 heavy (non-hydrogen) atoms. The fourth-order valence-electron chi connectivity index (χ4n) is 2.85. The Hall–Kier alpha value is -1.05. The second-order valence-corrected chi connectivity index (χ2v) is 6.76. The van der Waals surface area contributed by atoms with Crippen LogP contribution in [0.3, 0.4) is 0 Å². The molecule has 1 atom stereocenters. The molecule has 2 heteroatoms. The lowest BCUT2D eigenvalue weighted by molar-refractivity contribution is -0.137. The first-order chi connectivity index (χ1) is 11.1. The van der Waals surface area contributed by atoms with Gasteiger partial charge in [0, 0.05) is 6.42 Å². The molecule has 0 spiro atoms. The summed E-state index contributed by atoms with van der Waals surface area (Å²) >= 11 is 0. The minimum atomic E-state index is -0.709. The number of rotatable bonds is 10. The molecule has 0 amide bonds. The van der Waals surface area contributed by atoms with Crippen molar-refractivity contribution in [3.05, 3.63) is 24.3 Å². The van der Waals surface area contributed by atoms with Gasteiger partial charge in [0.1, 0.15) is 0 Å². The summed E-state index contributed by atoms with van der Waals surface area (Å²) in [4.78, 5) is 9.94. The van der Waals surface area contributed by atoms with Crippen LogP contribution in [0.4, 0.5) is 0 Å². The molecule has 0 saturated heterocycles. The van der Waals surface area contributed by atoms with E-state index in [0.717, 1.165) is 24.7 Å². The summed E-state index contributed by atoms with van der Waals surface area (Å²) in [5.74, 6) is 1.02. The lowest BCUT2D eigenvalue weighted by Crippen LogP contribution is -1.92. The van der Waals surface area contributed by atoms with Gasteiger partial charge in [0.05, 0.1) is 0 Å². The van der Waals surface area contributed by atoms with Crippen LogP contribution in [0.1, 0.15) is 91.4 Å². The molecule has 1 fully saturated rings. The van der Waals surface area contributed by atoms with Crippen molar-refractivity contribution in [1.29, 1.82) is 0 Å².